The highest BCUT2D eigenvalue weighted by atomic mass is 15.2. The Bertz CT molecular complexity index is 726. The molecular formula is C17H22N5+3. The molecule has 22 heavy (non-hydrogen) atoms. The maximum absolute atomic E-state index is 4.76. The van der Waals surface area contributed by atoms with Gasteiger partial charge in [0.25, 0.3) is 0 Å². The molecule has 1 N–H and O–H groups in total. The molecule has 0 saturated carbocycles. The predicted octanol–water partition coefficient (Wildman–Crippen LogP) is 0.293. The number of aromatic nitrogens is 3. The molecule has 112 valence electrons. The van der Waals surface area contributed by atoms with Crippen LogP contribution < -0.4 is 9.47 Å². The van der Waals surface area contributed by atoms with Crippen molar-refractivity contribution in [1.82, 2.24) is 9.55 Å². The summed E-state index contributed by atoms with van der Waals surface area (Å²) < 4.78 is 6.44. The van der Waals surface area contributed by atoms with Gasteiger partial charge < -0.3 is 0 Å². The lowest BCUT2D eigenvalue weighted by atomic mass is 10.3. The zero-order chi connectivity index (χ0) is 15.4. The van der Waals surface area contributed by atoms with Crippen LogP contribution in [-0.2, 0) is 19.6 Å². The molecule has 1 atom stereocenters. The highest BCUT2D eigenvalue weighted by Gasteiger charge is 2.16. The van der Waals surface area contributed by atoms with E-state index >= 15 is 0 Å². The molecule has 2 aromatic heterocycles. The Morgan fingerprint density at radius 2 is 2.14 bits per heavy atom. The van der Waals surface area contributed by atoms with E-state index in [9.17, 15) is 0 Å². The molecule has 0 radical (unpaired) electrons. The summed E-state index contributed by atoms with van der Waals surface area (Å²) in [6, 6.07) is 6.22. The number of nitrogens with one attached hydrogen (secondary N) is 1. The van der Waals surface area contributed by atoms with Crippen molar-refractivity contribution in [3.63, 3.8) is 0 Å². The second kappa shape index (κ2) is 6.49. The predicted molar refractivity (Wildman–Crippen MR) is 84.0 cm³/mol. The minimum absolute atomic E-state index is 0.780. The summed E-state index contributed by atoms with van der Waals surface area (Å²) in [6.45, 7) is 8.49. The number of rotatable bonds is 6. The summed E-state index contributed by atoms with van der Waals surface area (Å²) in [4.78, 5) is 5.89. The van der Waals surface area contributed by atoms with Gasteiger partial charge in [-0.1, -0.05) is 6.07 Å². The van der Waals surface area contributed by atoms with E-state index < -0.39 is 0 Å². The SMILES string of the molecule is C=C[NH+]1C=C[N+](Cc2cccc(C[n+]3ccn(CC)c3)n2)=C1. The zero-order valence-electron chi connectivity index (χ0n) is 12.9. The average molecular weight is 296 g/mol. The van der Waals surface area contributed by atoms with Gasteiger partial charge in [-0.3, -0.25) is 0 Å². The summed E-state index contributed by atoms with van der Waals surface area (Å²) in [5, 5.41) is 0. The standard InChI is InChI=1S/C17H21N5/c1-3-19-8-10-21(14-19)12-16-6-5-7-17(18-16)13-22-11-9-20(4-2)15-22/h3,5-11,14-15H,1,4,12-13H2,2H3/q+2/p+1. The Morgan fingerprint density at radius 1 is 1.32 bits per heavy atom. The lowest BCUT2D eigenvalue weighted by Gasteiger charge is -2.00. The molecule has 0 amide bonds. The van der Waals surface area contributed by atoms with Gasteiger partial charge >= 0.3 is 6.34 Å². The van der Waals surface area contributed by atoms with Crippen LogP contribution in [0, 0.1) is 0 Å². The van der Waals surface area contributed by atoms with Gasteiger partial charge in [-0.25, -0.2) is 14.1 Å². The Morgan fingerprint density at radius 3 is 2.82 bits per heavy atom. The normalized spacial score (nSPS) is 16.8. The molecule has 0 spiro atoms. The van der Waals surface area contributed by atoms with E-state index in [0.717, 1.165) is 35.9 Å². The van der Waals surface area contributed by atoms with Gasteiger partial charge in [0.1, 0.15) is 30.8 Å². The number of imidazole rings is 1. The smallest absolute Gasteiger partial charge is 0.247 e. The molecule has 5 nitrogen and oxygen atoms in total. The highest BCUT2D eigenvalue weighted by molar-refractivity contribution is 5.40. The molecule has 0 aliphatic carbocycles. The highest BCUT2D eigenvalue weighted by Crippen LogP contribution is 2.02. The van der Waals surface area contributed by atoms with Crippen LogP contribution in [0.4, 0.5) is 0 Å². The third-order valence-electron chi connectivity index (χ3n) is 3.67. The molecule has 0 fully saturated rings. The first kappa shape index (κ1) is 14.4. The summed E-state index contributed by atoms with van der Waals surface area (Å²) in [6.07, 6.45) is 14.3. The van der Waals surface area contributed by atoms with Gasteiger partial charge in [0.15, 0.2) is 12.7 Å². The van der Waals surface area contributed by atoms with Crippen LogP contribution >= 0.6 is 0 Å². The number of hydrogen-bond acceptors (Lipinski definition) is 1. The van der Waals surface area contributed by atoms with Gasteiger partial charge in [0, 0.05) is 0 Å². The monoisotopic (exact) mass is 296 g/mol. The van der Waals surface area contributed by atoms with E-state index in [2.05, 4.69) is 82.9 Å². The Balaban J connectivity index is 1.70. The molecule has 2 aromatic rings. The Hall–Kier alpha value is -2.53. The Kier molecular flexibility index (Phi) is 4.25. The molecule has 1 aliphatic rings. The molecule has 3 rings (SSSR count). The second-order valence-electron chi connectivity index (χ2n) is 5.36. The van der Waals surface area contributed by atoms with Crippen LogP contribution in [0.3, 0.4) is 0 Å². The van der Waals surface area contributed by atoms with Crippen LogP contribution in [0.25, 0.3) is 0 Å². The van der Waals surface area contributed by atoms with Crippen LogP contribution in [-0.4, -0.2) is 20.5 Å². The quantitative estimate of drug-likeness (QED) is 0.763. The zero-order valence-corrected chi connectivity index (χ0v) is 12.9. The fourth-order valence-corrected chi connectivity index (χ4v) is 2.48. The van der Waals surface area contributed by atoms with E-state index in [0.29, 0.717) is 0 Å². The van der Waals surface area contributed by atoms with Gasteiger partial charge in [-0.05, 0) is 25.6 Å². The second-order valence-corrected chi connectivity index (χ2v) is 5.36. The largest absolute Gasteiger partial charge is 0.340 e. The van der Waals surface area contributed by atoms with E-state index in [-0.39, 0.29) is 0 Å². The number of aryl methyl sites for hydroxylation is 1. The van der Waals surface area contributed by atoms with Crippen molar-refractivity contribution in [1.29, 1.82) is 0 Å². The first-order valence-corrected chi connectivity index (χ1v) is 7.54. The lowest BCUT2D eigenvalue weighted by Crippen LogP contribution is -3.00. The maximum Gasteiger partial charge on any atom is 0.340 e. The van der Waals surface area contributed by atoms with Crippen molar-refractivity contribution in [2.24, 2.45) is 0 Å². The fourth-order valence-electron chi connectivity index (χ4n) is 2.48. The first-order chi connectivity index (χ1) is 10.8. The number of nitrogens with zero attached hydrogens (tertiary/aromatic N) is 4. The van der Waals surface area contributed by atoms with Crippen molar-refractivity contribution in [3.8, 4) is 0 Å². The number of quaternary nitrogens is 1. The van der Waals surface area contributed by atoms with Gasteiger partial charge in [0.2, 0.25) is 12.5 Å². The Labute approximate surface area is 130 Å². The summed E-state index contributed by atoms with van der Waals surface area (Å²) in [7, 11) is 0. The molecule has 0 aromatic carbocycles. The van der Waals surface area contributed by atoms with E-state index in [1.807, 2.05) is 6.20 Å². The molecule has 1 unspecified atom stereocenters. The van der Waals surface area contributed by atoms with Gasteiger partial charge in [-0.2, -0.15) is 4.90 Å². The average Bonchev–Trinajstić information content (AvgIpc) is 3.16. The molecule has 3 heterocycles. The maximum atomic E-state index is 4.76. The van der Waals surface area contributed by atoms with E-state index in [4.69, 9.17) is 4.98 Å². The summed E-state index contributed by atoms with van der Waals surface area (Å²) in [5.41, 5.74) is 2.15. The van der Waals surface area contributed by atoms with Crippen molar-refractivity contribution < 1.29 is 14.0 Å². The molecule has 0 saturated heterocycles. The topological polar surface area (TPSA) is 29.1 Å². The fraction of sp³-hybridized carbons (Fsp3) is 0.235. The first-order valence-electron chi connectivity index (χ1n) is 7.54. The van der Waals surface area contributed by atoms with Crippen LogP contribution in [0.15, 0.2) is 62.1 Å². The molecule has 0 bridgehead atoms. The lowest BCUT2D eigenvalue weighted by molar-refractivity contribution is -0.690. The third-order valence-corrected chi connectivity index (χ3v) is 3.67. The minimum Gasteiger partial charge on any atom is -0.247 e. The van der Waals surface area contributed by atoms with Gasteiger partial charge in [0.05, 0.1) is 12.2 Å². The van der Waals surface area contributed by atoms with Crippen LogP contribution in [0.1, 0.15) is 18.3 Å². The summed E-state index contributed by atoms with van der Waals surface area (Å²) in [5.74, 6) is 0. The van der Waals surface area contributed by atoms with Crippen LogP contribution in [0.2, 0.25) is 0 Å². The van der Waals surface area contributed by atoms with Crippen molar-refractivity contribution >= 4 is 6.34 Å². The molecule has 1 aliphatic heterocycles. The summed E-state index contributed by atoms with van der Waals surface area (Å²) >= 11 is 0. The van der Waals surface area contributed by atoms with Crippen molar-refractivity contribution in [2.75, 3.05) is 0 Å². The van der Waals surface area contributed by atoms with E-state index in [1.165, 1.54) is 0 Å². The van der Waals surface area contributed by atoms with E-state index in [1.54, 1.807) is 0 Å². The van der Waals surface area contributed by atoms with Crippen LogP contribution in [0.5, 0.6) is 0 Å². The van der Waals surface area contributed by atoms with Crippen molar-refractivity contribution in [2.45, 2.75) is 26.6 Å². The molecular weight excluding hydrogens is 274 g/mol. The van der Waals surface area contributed by atoms with Crippen molar-refractivity contribution in [3.05, 3.63) is 73.5 Å². The van der Waals surface area contributed by atoms with Gasteiger partial charge in [-0.15, -0.1) is 4.58 Å². The molecule has 5 heteroatoms. The number of hydrogen-bond donors (Lipinski definition) is 1. The number of pyridine rings is 1. The minimum atomic E-state index is 0.780. The third kappa shape index (κ3) is 3.38.